The fourth-order valence-corrected chi connectivity index (χ4v) is 3.34. The second kappa shape index (κ2) is 6.13. The number of rotatable bonds is 4. The van der Waals surface area contributed by atoms with Gasteiger partial charge in [0.05, 0.1) is 0 Å². The molecule has 0 saturated carbocycles. The first-order chi connectivity index (χ1) is 11.9. The van der Waals surface area contributed by atoms with Gasteiger partial charge in [-0.2, -0.15) is 5.10 Å². The van der Waals surface area contributed by atoms with Crippen LogP contribution in [0.15, 0.2) is 97.3 Å². The number of hydrogen-bond acceptors (Lipinski definition) is 2. The van der Waals surface area contributed by atoms with Crippen molar-refractivity contribution in [3.05, 3.63) is 120 Å². The molecule has 0 fully saturated rings. The zero-order chi connectivity index (χ0) is 16.2. The quantitative estimate of drug-likeness (QED) is 0.574. The Morgan fingerprint density at radius 2 is 1.00 bits per heavy atom. The van der Waals surface area contributed by atoms with E-state index in [-0.39, 0.29) is 0 Å². The van der Waals surface area contributed by atoms with Crippen molar-refractivity contribution < 1.29 is 0 Å². The van der Waals surface area contributed by atoms with Crippen LogP contribution in [0.3, 0.4) is 0 Å². The lowest BCUT2D eigenvalue weighted by Crippen LogP contribution is -2.32. The summed E-state index contributed by atoms with van der Waals surface area (Å²) in [4.78, 5) is 4.55. The van der Waals surface area contributed by atoms with E-state index in [1.807, 2.05) is 18.2 Å². The number of aromatic amines is 1. The maximum atomic E-state index is 4.55. The highest BCUT2D eigenvalue weighted by atomic mass is 15.2. The van der Waals surface area contributed by atoms with E-state index < -0.39 is 5.41 Å². The molecule has 0 aliphatic heterocycles. The third kappa shape index (κ3) is 2.22. The molecule has 0 saturated heterocycles. The van der Waals surface area contributed by atoms with E-state index in [1.54, 1.807) is 6.33 Å². The lowest BCUT2D eigenvalue weighted by molar-refractivity contribution is 0.684. The summed E-state index contributed by atoms with van der Waals surface area (Å²) >= 11 is 0. The van der Waals surface area contributed by atoms with Crippen LogP contribution in [0.4, 0.5) is 0 Å². The Hall–Kier alpha value is -3.20. The van der Waals surface area contributed by atoms with E-state index in [4.69, 9.17) is 0 Å². The Morgan fingerprint density at radius 3 is 1.33 bits per heavy atom. The highest BCUT2D eigenvalue weighted by Crippen LogP contribution is 2.42. The van der Waals surface area contributed by atoms with Crippen LogP contribution in [0.5, 0.6) is 0 Å². The van der Waals surface area contributed by atoms with Crippen molar-refractivity contribution in [1.29, 1.82) is 0 Å². The van der Waals surface area contributed by atoms with Gasteiger partial charge in [0, 0.05) is 0 Å². The monoisotopic (exact) mass is 311 g/mol. The molecule has 3 heteroatoms. The summed E-state index contributed by atoms with van der Waals surface area (Å²) in [5, 5.41) is 7.36. The zero-order valence-electron chi connectivity index (χ0n) is 13.1. The van der Waals surface area contributed by atoms with Crippen LogP contribution in [0.1, 0.15) is 22.5 Å². The smallest absolute Gasteiger partial charge is 0.169 e. The minimum absolute atomic E-state index is 0.552. The maximum absolute atomic E-state index is 4.55. The predicted octanol–water partition coefficient (Wildman–Crippen LogP) is 4.19. The Balaban J connectivity index is 2.12. The molecule has 24 heavy (non-hydrogen) atoms. The zero-order valence-corrected chi connectivity index (χ0v) is 13.1. The van der Waals surface area contributed by atoms with Gasteiger partial charge in [-0.1, -0.05) is 91.0 Å². The Morgan fingerprint density at radius 1 is 0.583 bits per heavy atom. The van der Waals surface area contributed by atoms with Crippen molar-refractivity contribution in [2.75, 3.05) is 0 Å². The minimum Gasteiger partial charge on any atom is -0.266 e. The lowest BCUT2D eigenvalue weighted by atomic mass is 9.69. The summed E-state index contributed by atoms with van der Waals surface area (Å²) in [5.41, 5.74) is 2.87. The largest absolute Gasteiger partial charge is 0.266 e. The van der Waals surface area contributed by atoms with Gasteiger partial charge in [0.1, 0.15) is 11.7 Å². The third-order valence-electron chi connectivity index (χ3n) is 4.37. The minimum atomic E-state index is -0.552. The molecule has 0 aliphatic carbocycles. The topological polar surface area (TPSA) is 41.6 Å². The van der Waals surface area contributed by atoms with Crippen molar-refractivity contribution in [2.45, 2.75) is 5.41 Å². The van der Waals surface area contributed by atoms with E-state index in [1.165, 1.54) is 0 Å². The molecule has 0 aliphatic rings. The average Bonchev–Trinajstić information content (AvgIpc) is 3.20. The van der Waals surface area contributed by atoms with Crippen molar-refractivity contribution in [1.82, 2.24) is 15.2 Å². The van der Waals surface area contributed by atoms with Gasteiger partial charge in [0.15, 0.2) is 5.82 Å². The normalized spacial score (nSPS) is 11.3. The number of nitrogens with one attached hydrogen (secondary N) is 1. The summed E-state index contributed by atoms with van der Waals surface area (Å²) in [6.07, 6.45) is 1.64. The lowest BCUT2D eigenvalue weighted by Gasteiger charge is -2.33. The summed E-state index contributed by atoms with van der Waals surface area (Å²) < 4.78 is 0. The molecule has 3 nitrogen and oxygen atoms in total. The third-order valence-corrected chi connectivity index (χ3v) is 4.37. The summed E-state index contributed by atoms with van der Waals surface area (Å²) in [7, 11) is 0. The molecule has 1 N–H and O–H groups in total. The standard InChI is InChI=1S/C21H17N3/c1-4-10-17(11-5-1)21(20-22-16-23-24-20,18-12-6-2-7-13-18)19-14-8-3-9-15-19/h1-16H,(H,22,23,24). The maximum Gasteiger partial charge on any atom is 0.169 e. The fourth-order valence-electron chi connectivity index (χ4n) is 3.34. The first kappa shape index (κ1) is 14.4. The Bertz CT molecular complexity index is 789. The number of hydrogen-bond donors (Lipinski definition) is 1. The van der Waals surface area contributed by atoms with E-state index in [9.17, 15) is 0 Å². The number of nitrogens with zero attached hydrogens (tertiary/aromatic N) is 2. The van der Waals surface area contributed by atoms with Crippen LogP contribution >= 0.6 is 0 Å². The predicted molar refractivity (Wildman–Crippen MR) is 94.7 cm³/mol. The second-order valence-electron chi connectivity index (χ2n) is 5.67. The van der Waals surface area contributed by atoms with Gasteiger partial charge in [-0.3, -0.25) is 5.10 Å². The van der Waals surface area contributed by atoms with Crippen LogP contribution < -0.4 is 0 Å². The molecule has 1 aromatic heterocycles. The van der Waals surface area contributed by atoms with Crippen molar-refractivity contribution >= 4 is 0 Å². The molecule has 1 heterocycles. The van der Waals surface area contributed by atoms with Crippen molar-refractivity contribution in [2.24, 2.45) is 0 Å². The van der Waals surface area contributed by atoms with Crippen LogP contribution in [0.25, 0.3) is 0 Å². The molecule has 0 spiro atoms. The SMILES string of the molecule is c1ccc(C(c2ccccc2)(c2ccccc2)c2nc[nH]n2)cc1. The summed E-state index contributed by atoms with van der Waals surface area (Å²) in [5.74, 6) is 0.742. The molecule has 4 aromatic rings. The molecule has 0 amide bonds. The molecule has 3 aromatic carbocycles. The van der Waals surface area contributed by atoms with Crippen molar-refractivity contribution in [3.8, 4) is 0 Å². The van der Waals surface area contributed by atoms with Crippen LogP contribution in [0, 0.1) is 0 Å². The molecule has 4 rings (SSSR count). The summed E-state index contributed by atoms with van der Waals surface area (Å²) in [6.45, 7) is 0. The Labute approximate surface area is 141 Å². The fraction of sp³-hybridized carbons (Fsp3) is 0.0476. The van der Waals surface area contributed by atoms with Gasteiger partial charge in [-0.05, 0) is 16.7 Å². The van der Waals surface area contributed by atoms with Gasteiger partial charge in [-0.25, -0.2) is 4.98 Å². The Kier molecular flexibility index (Phi) is 3.67. The van der Waals surface area contributed by atoms with Crippen LogP contribution in [-0.2, 0) is 5.41 Å². The summed E-state index contributed by atoms with van der Waals surface area (Å²) in [6, 6.07) is 31.3. The second-order valence-corrected chi connectivity index (χ2v) is 5.67. The highest BCUT2D eigenvalue weighted by Gasteiger charge is 2.41. The van der Waals surface area contributed by atoms with Gasteiger partial charge in [0.2, 0.25) is 0 Å². The first-order valence-electron chi connectivity index (χ1n) is 7.95. The molecule has 0 radical (unpaired) electrons. The van der Waals surface area contributed by atoms with E-state index in [2.05, 4.69) is 88.0 Å². The van der Waals surface area contributed by atoms with Crippen LogP contribution in [-0.4, -0.2) is 15.2 Å². The van der Waals surface area contributed by atoms with E-state index in [0.717, 1.165) is 22.5 Å². The highest BCUT2D eigenvalue weighted by molar-refractivity contribution is 5.56. The number of benzene rings is 3. The van der Waals surface area contributed by atoms with E-state index >= 15 is 0 Å². The van der Waals surface area contributed by atoms with Gasteiger partial charge < -0.3 is 0 Å². The average molecular weight is 311 g/mol. The van der Waals surface area contributed by atoms with E-state index in [0.29, 0.717) is 0 Å². The van der Waals surface area contributed by atoms with Crippen LogP contribution in [0.2, 0.25) is 0 Å². The molecule has 0 bridgehead atoms. The molecule has 0 atom stereocenters. The van der Waals surface area contributed by atoms with Crippen molar-refractivity contribution in [3.63, 3.8) is 0 Å². The van der Waals surface area contributed by atoms with Gasteiger partial charge in [0.25, 0.3) is 0 Å². The first-order valence-corrected chi connectivity index (χ1v) is 7.95. The molecular formula is C21H17N3. The molecule has 0 unspecified atom stereocenters. The number of H-pyrrole nitrogens is 1. The van der Waals surface area contributed by atoms with Gasteiger partial charge in [-0.15, -0.1) is 0 Å². The van der Waals surface area contributed by atoms with Gasteiger partial charge >= 0.3 is 0 Å². The molecular weight excluding hydrogens is 294 g/mol. The molecule has 116 valence electrons. The number of aromatic nitrogens is 3.